The van der Waals surface area contributed by atoms with Crippen molar-refractivity contribution in [3.05, 3.63) is 71.8 Å². The van der Waals surface area contributed by atoms with E-state index in [-0.39, 0.29) is 13.2 Å². The van der Waals surface area contributed by atoms with Crippen LogP contribution in [-0.4, -0.2) is 18.3 Å². The Balaban J connectivity index is 1.82. The minimum atomic E-state index is -1.47. The van der Waals surface area contributed by atoms with Crippen molar-refractivity contribution in [1.29, 1.82) is 0 Å². The summed E-state index contributed by atoms with van der Waals surface area (Å²) in [7, 11) is -1.47. The van der Waals surface area contributed by atoms with Gasteiger partial charge in [0.1, 0.15) is 0 Å². The van der Waals surface area contributed by atoms with Crippen LogP contribution in [0.2, 0.25) is 0 Å². The number of hydrogen-bond donors (Lipinski definition) is 1. The zero-order chi connectivity index (χ0) is 14.8. The fraction of sp³-hybridized carbons (Fsp3) is 0.250. The van der Waals surface area contributed by atoms with Crippen LogP contribution in [0, 0.1) is 0 Å². The highest BCUT2D eigenvalue weighted by atomic mass is 31.2. The Hall–Kier alpha value is -1.29. The lowest BCUT2D eigenvalue weighted by atomic mass is 10.2. The summed E-state index contributed by atoms with van der Waals surface area (Å²) in [5.41, 5.74) is 2.11. The van der Waals surface area contributed by atoms with Crippen LogP contribution in [0.3, 0.4) is 0 Å². The second-order valence-electron chi connectivity index (χ2n) is 4.30. The molecular formula is C16H19O4P. The van der Waals surface area contributed by atoms with Gasteiger partial charge in [0.05, 0.1) is 26.4 Å². The lowest BCUT2D eigenvalue weighted by Gasteiger charge is -2.16. The molecule has 21 heavy (non-hydrogen) atoms. The van der Waals surface area contributed by atoms with Gasteiger partial charge in [-0.25, -0.2) is 0 Å². The smallest absolute Gasteiger partial charge is 0.333 e. The minimum Gasteiger partial charge on any atom is -0.394 e. The summed E-state index contributed by atoms with van der Waals surface area (Å²) in [6.07, 6.45) is 0. The standard InChI is InChI=1S/C16H19O4P/c17-11-12-18-21(19-13-15-7-3-1-4-8-15)20-14-16-9-5-2-6-10-16/h1-10,17H,11-14H2. The number of aliphatic hydroxyl groups is 1. The monoisotopic (exact) mass is 306 g/mol. The maximum Gasteiger partial charge on any atom is 0.333 e. The fourth-order valence-corrected chi connectivity index (χ4v) is 2.59. The molecule has 0 saturated carbocycles. The molecule has 0 atom stereocenters. The van der Waals surface area contributed by atoms with Gasteiger partial charge in [-0.15, -0.1) is 0 Å². The second kappa shape index (κ2) is 9.61. The molecule has 0 bridgehead atoms. The van der Waals surface area contributed by atoms with Crippen LogP contribution in [0.15, 0.2) is 60.7 Å². The first-order chi connectivity index (χ1) is 10.4. The molecule has 0 heterocycles. The minimum absolute atomic E-state index is 0.0533. The highest BCUT2D eigenvalue weighted by molar-refractivity contribution is 7.41. The van der Waals surface area contributed by atoms with Gasteiger partial charge < -0.3 is 18.7 Å². The molecule has 4 nitrogen and oxygen atoms in total. The summed E-state index contributed by atoms with van der Waals surface area (Å²) < 4.78 is 16.7. The van der Waals surface area contributed by atoms with Crippen LogP contribution in [0.4, 0.5) is 0 Å². The lowest BCUT2D eigenvalue weighted by molar-refractivity contribution is 0.126. The quantitative estimate of drug-likeness (QED) is 0.718. The van der Waals surface area contributed by atoms with Crippen molar-refractivity contribution < 1.29 is 18.7 Å². The number of rotatable bonds is 9. The molecule has 0 aliphatic heterocycles. The third-order valence-electron chi connectivity index (χ3n) is 2.65. The Morgan fingerprint density at radius 1 is 0.714 bits per heavy atom. The van der Waals surface area contributed by atoms with Crippen LogP contribution in [-0.2, 0) is 26.8 Å². The van der Waals surface area contributed by atoms with Gasteiger partial charge in [0.25, 0.3) is 0 Å². The Bertz CT molecular complexity index is 449. The molecular weight excluding hydrogens is 287 g/mol. The van der Waals surface area contributed by atoms with Crippen molar-refractivity contribution in [2.75, 3.05) is 13.2 Å². The van der Waals surface area contributed by atoms with Crippen LogP contribution in [0.5, 0.6) is 0 Å². The van der Waals surface area contributed by atoms with Gasteiger partial charge in [-0.05, 0) is 11.1 Å². The molecule has 2 rings (SSSR count). The number of hydrogen-bond acceptors (Lipinski definition) is 4. The third kappa shape index (κ3) is 6.34. The summed E-state index contributed by atoms with van der Waals surface area (Å²) >= 11 is 0. The molecule has 0 aliphatic carbocycles. The number of aliphatic hydroxyl groups excluding tert-OH is 1. The molecule has 0 aromatic heterocycles. The van der Waals surface area contributed by atoms with Gasteiger partial charge in [-0.2, -0.15) is 0 Å². The third-order valence-corrected chi connectivity index (χ3v) is 3.72. The predicted octanol–water partition coefficient (Wildman–Crippen LogP) is 3.66. The Morgan fingerprint density at radius 3 is 1.62 bits per heavy atom. The van der Waals surface area contributed by atoms with E-state index in [1.807, 2.05) is 60.7 Å². The van der Waals surface area contributed by atoms with Gasteiger partial charge in [0, 0.05) is 0 Å². The summed E-state index contributed by atoms with van der Waals surface area (Å²) in [5, 5.41) is 8.86. The molecule has 2 aromatic carbocycles. The maximum atomic E-state index is 8.86. The van der Waals surface area contributed by atoms with E-state index in [2.05, 4.69) is 0 Å². The summed E-state index contributed by atoms with van der Waals surface area (Å²) in [5.74, 6) is 0. The average Bonchev–Trinajstić information content (AvgIpc) is 2.56. The van der Waals surface area contributed by atoms with E-state index in [9.17, 15) is 0 Å². The van der Waals surface area contributed by atoms with Gasteiger partial charge in [-0.1, -0.05) is 60.7 Å². The molecule has 1 N–H and O–H groups in total. The summed E-state index contributed by atoms with van der Waals surface area (Å²) in [6.45, 7) is 0.997. The largest absolute Gasteiger partial charge is 0.394 e. The van der Waals surface area contributed by atoms with E-state index in [4.69, 9.17) is 18.7 Å². The van der Waals surface area contributed by atoms with Crippen molar-refractivity contribution in [2.45, 2.75) is 13.2 Å². The van der Waals surface area contributed by atoms with Crippen LogP contribution < -0.4 is 0 Å². The van der Waals surface area contributed by atoms with Crippen molar-refractivity contribution in [3.63, 3.8) is 0 Å². The molecule has 0 aliphatic rings. The highest BCUT2D eigenvalue weighted by Gasteiger charge is 2.13. The topological polar surface area (TPSA) is 47.9 Å². The highest BCUT2D eigenvalue weighted by Crippen LogP contribution is 2.41. The average molecular weight is 306 g/mol. The SMILES string of the molecule is OCCOP(OCc1ccccc1)OCc1ccccc1. The molecule has 0 unspecified atom stereocenters. The van der Waals surface area contributed by atoms with E-state index in [0.29, 0.717) is 13.2 Å². The van der Waals surface area contributed by atoms with E-state index >= 15 is 0 Å². The van der Waals surface area contributed by atoms with Crippen molar-refractivity contribution >= 4 is 8.60 Å². The van der Waals surface area contributed by atoms with Crippen LogP contribution in [0.25, 0.3) is 0 Å². The van der Waals surface area contributed by atoms with Gasteiger partial charge in [0.15, 0.2) is 0 Å². The predicted molar refractivity (Wildman–Crippen MR) is 82.4 cm³/mol. The Kier molecular flexibility index (Phi) is 7.36. The first kappa shape index (κ1) is 16.1. The van der Waals surface area contributed by atoms with Gasteiger partial charge in [0.2, 0.25) is 0 Å². The van der Waals surface area contributed by atoms with Crippen LogP contribution in [0.1, 0.15) is 11.1 Å². The molecule has 2 aromatic rings. The second-order valence-corrected chi connectivity index (χ2v) is 5.52. The summed E-state index contributed by atoms with van der Waals surface area (Å²) in [4.78, 5) is 0. The first-order valence-electron chi connectivity index (χ1n) is 6.76. The van der Waals surface area contributed by atoms with Crippen molar-refractivity contribution in [2.24, 2.45) is 0 Å². The van der Waals surface area contributed by atoms with Gasteiger partial charge in [-0.3, -0.25) is 0 Å². The van der Waals surface area contributed by atoms with Crippen molar-refractivity contribution in [3.8, 4) is 0 Å². The van der Waals surface area contributed by atoms with E-state index in [0.717, 1.165) is 11.1 Å². The molecule has 0 fully saturated rings. The van der Waals surface area contributed by atoms with Gasteiger partial charge >= 0.3 is 8.60 Å². The summed E-state index contributed by atoms with van der Waals surface area (Å²) in [6, 6.07) is 19.7. The molecule has 0 saturated heterocycles. The molecule has 112 valence electrons. The van der Waals surface area contributed by atoms with E-state index in [1.165, 1.54) is 0 Å². The molecule has 0 radical (unpaired) electrons. The first-order valence-corrected chi connectivity index (χ1v) is 7.85. The van der Waals surface area contributed by atoms with E-state index in [1.54, 1.807) is 0 Å². The zero-order valence-corrected chi connectivity index (χ0v) is 12.6. The Morgan fingerprint density at radius 2 is 1.19 bits per heavy atom. The molecule has 0 spiro atoms. The normalized spacial score (nSPS) is 11.0. The van der Waals surface area contributed by atoms with E-state index < -0.39 is 8.60 Å². The fourth-order valence-electron chi connectivity index (χ4n) is 1.63. The Labute approximate surface area is 126 Å². The zero-order valence-electron chi connectivity index (χ0n) is 11.7. The van der Waals surface area contributed by atoms with Crippen LogP contribution >= 0.6 is 8.60 Å². The van der Waals surface area contributed by atoms with Crippen molar-refractivity contribution in [1.82, 2.24) is 0 Å². The molecule has 5 heteroatoms. The molecule has 0 amide bonds. The number of benzene rings is 2. The maximum absolute atomic E-state index is 8.86. The lowest BCUT2D eigenvalue weighted by Crippen LogP contribution is -2.01.